The standard InChI is InChI=1S/C18H15ClN2O3/c1-21-15-9-5-7-13(19)12(15)10-16(21)17(22)20-14-8-4-3-6-11(14)18(23)24-2/h3-10H,1-2H3,(H,20,22). The van der Waals surface area contributed by atoms with Gasteiger partial charge in [-0.15, -0.1) is 0 Å². The van der Waals surface area contributed by atoms with Crippen molar-refractivity contribution in [2.75, 3.05) is 12.4 Å². The first-order valence-electron chi connectivity index (χ1n) is 7.25. The van der Waals surface area contributed by atoms with Crippen LogP contribution < -0.4 is 5.32 Å². The highest BCUT2D eigenvalue weighted by Crippen LogP contribution is 2.27. The van der Waals surface area contributed by atoms with Gasteiger partial charge >= 0.3 is 5.97 Å². The van der Waals surface area contributed by atoms with Crippen LogP contribution in [0, 0.1) is 0 Å². The number of anilines is 1. The number of carbonyl (C=O) groups is 2. The van der Waals surface area contributed by atoms with Crippen LogP contribution in [0.3, 0.4) is 0 Å². The molecule has 0 unspecified atom stereocenters. The molecule has 1 amide bonds. The number of hydrogen-bond acceptors (Lipinski definition) is 3. The van der Waals surface area contributed by atoms with Crippen molar-refractivity contribution < 1.29 is 14.3 Å². The molecule has 3 rings (SSSR count). The zero-order chi connectivity index (χ0) is 17.3. The Bertz CT molecular complexity index is 947. The Morgan fingerprint density at radius 2 is 1.88 bits per heavy atom. The Labute approximate surface area is 143 Å². The van der Waals surface area contributed by atoms with E-state index in [0.717, 1.165) is 10.9 Å². The van der Waals surface area contributed by atoms with Gasteiger partial charge in [0.1, 0.15) is 5.69 Å². The molecule has 1 N–H and O–H groups in total. The molecule has 0 saturated heterocycles. The molecule has 1 aromatic heterocycles. The van der Waals surface area contributed by atoms with Crippen molar-refractivity contribution in [3.63, 3.8) is 0 Å². The SMILES string of the molecule is COC(=O)c1ccccc1NC(=O)c1cc2c(Cl)cccc2n1C. The van der Waals surface area contributed by atoms with E-state index in [1.54, 1.807) is 48.0 Å². The minimum Gasteiger partial charge on any atom is -0.465 e. The monoisotopic (exact) mass is 342 g/mol. The van der Waals surface area contributed by atoms with E-state index in [-0.39, 0.29) is 5.91 Å². The van der Waals surface area contributed by atoms with Crippen molar-refractivity contribution >= 4 is 40.1 Å². The lowest BCUT2D eigenvalue weighted by molar-refractivity contribution is 0.0602. The summed E-state index contributed by atoms with van der Waals surface area (Å²) in [6, 6.07) is 13.9. The second kappa shape index (κ2) is 6.37. The van der Waals surface area contributed by atoms with E-state index in [1.165, 1.54) is 7.11 Å². The third kappa shape index (κ3) is 2.74. The summed E-state index contributed by atoms with van der Waals surface area (Å²) >= 11 is 6.19. The summed E-state index contributed by atoms with van der Waals surface area (Å²) in [6.07, 6.45) is 0. The van der Waals surface area contributed by atoms with Gasteiger partial charge < -0.3 is 14.6 Å². The Hall–Kier alpha value is -2.79. The first-order valence-corrected chi connectivity index (χ1v) is 7.63. The topological polar surface area (TPSA) is 60.3 Å². The third-order valence-corrected chi connectivity index (χ3v) is 4.18. The summed E-state index contributed by atoms with van der Waals surface area (Å²) in [6.45, 7) is 0. The number of hydrogen-bond donors (Lipinski definition) is 1. The van der Waals surface area contributed by atoms with E-state index in [4.69, 9.17) is 16.3 Å². The predicted octanol–water partition coefficient (Wildman–Crippen LogP) is 3.87. The van der Waals surface area contributed by atoms with Crippen molar-refractivity contribution in [3.8, 4) is 0 Å². The van der Waals surface area contributed by atoms with Gasteiger partial charge in [-0.25, -0.2) is 4.79 Å². The number of esters is 1. The summed E-state index contributed by atoms with van der Waals surface area (Å²) < 4.78 is 6.50. The van der Waals surface area contributed by atoms with Gasteiger partial charge in [0.05, 0.1) is 18.4 Å². The molecule has 0 radical (unpaired) electrons. The van der Waals surface area contributed by atoms with Gasteiger partial charge in [0.25, 0.3) is 5.91 Å². The van der Waals surface area contributed by atoms with E-state index in [0.29, 0.717) is 22.0 Å². The fourth-order valence-electron chi connectivity index (χ4n) is 2.61. The Morgan fingerprint density at radius 3 is 2.58 bits per heavy atom. The second-order valence-electron chi connectivity index (χ2n) is 5.25. The average Bonchev–Trinajstić information content (AvgIpc) is 2.93. The number of fused-ring (bicyclic) bond motifs is 1. The molecule has 24 heavy (non-hydrogen) atoms. The highest BCUT2D eigenvalue weighted by molar-refractivity contribution is 6.35. The number of aromatic nitrogens is 1. The van der Waals surface area contributed by atoms with Gasteiger partial charge in [-0.05, 0) is 30.3 Å². The first-order chi connectivity index (χ1) is 11.5. The molecule has 1 heterocycles. The molecule has 5 nitrogen and oxygen atoms in total. The van der Waals surface area contributed by atoms with Crippen LogP contribution in [0.25, 0.3) is 10.9 Å². The van der Waals surface area contributed by atoms with Crippen molar-refractivity contribution in [1.29, 1.82) is 0 Å². The molecule has 3 aromatic rings. The van der Waals surface area contributed by atoms with Crippen molar-refractivity contribution in [1.82, 2.24) is 4.57 Å². The molecule has 0 bridgehead atoms. The quantitative estimate of drug-likeness (QED) is 0.735. The van der Waals surface area contributed by atoms with E-state index in [1.807, 2.05) is 12.1 Å². The second-order valence-corrected chi connectivity index (χ2v) is 5.66. The average molecular weight is 343 g/mol. The van der Waals surface area contributed by atoms with Crippen LogP contribution in [0.5, 0.6) is 0 Å². The Morgan fingerprint density at radius 1 is 1.12 bits per heavy atom. The minimum atomic E-state index is -0.508. The minimum absolute atomic E-state index is 0.296. The zero-order valence-electron chi connectivity index (χ0n) is 13.2. The van der Waals surface area contributed by atoms with E-state index < -0.39 is 5.97 Å². The number of carbonyl (C=O) groups excluding carboxylic acids is 2. The fraction of sp³-hybridized carbons (Fsp3) is 0.111. The van der Waals surface area contributed by atoms with Crippen LogP contribution in [0.15, 0.2) is 48.5 Å². The highest BCUT2D eigenvalue weighted by atomic mass is 35.5. The number of nitrogens with zero attached hydrogens (tertiary/aromatic N) is 1. The lowest BCUT2D eigenvalue weighted by Crippen LogP contribution is -2.17. The van der Waals surface area contributed by atoms with Gasteiger partial charge in [-0.1, -0.05) is 29.8 Å². The summed E-state index contributed by atoms with van der Waals surface area (Å²) in [4.78, 5) is 24.5. The van der Waals surface area contributed by atoms with Crippen LogP contribution in [-0.4, -0.2) is 23.6 Å². The summed E-state index contributed by atoms with van der Waals surface area (Å²) in [5, 5.41) is 4.14. The van der Waals surface area contributed by atoms with Gasteiger partial charge in [-0.3, -0.25) is 4.79 Å². The number of para-hydroxylation sites is 1. The molecule has 0 fully saturated rings. The van der Waals surface area contributed by atoms with Gasteiger partial charge in [0.15, 0.2) is 0 Å². The third-order valence-electron chi connectivity index (χ3n) is 3.85. The lowest BCUT2D eigenvalue weighted by Gasteiger charge is -2.10. The zero-order valence-corrected chi connectivity index (χ0v) is 13.9. The molecule has 2 aromatic carbocycles. The highest BCUT2D eigenvalue weighted by Gasteiger charge is 2.18. The smallest absolute Gasteiger partial charge is 0.339 e. The Balaban J connectivity index is 1.99. The van der Waals surface area contributed by atoms with Crippen LogP contribution in [0.2, 0.25) is 5.02 Å². The number of ether oxygens (including phenoxy) is 1. The normalized spacial score (nSPS) is 10.6. The molecular weight excluding hydrogens is 328 g/mol. The number of rotatable bonds is 3. The van der Waals surface area contributed by atoms with Crippen molar-refractivity contribution in [3.05, 3.63) is 64.8 Å². The molecular formula is C18H15ClN2O3. The number of halogens is 1. The molecule has 0 aliphatic heterocycles. The summed E-state index contributed by atoms with van der Waals surface area (Å²) in [5.41, 5.74) is 1.99. The van der Waals surface area contributed by atoms with Crippen LogP contribution in [-0.2, 0) is 11.8 Å². The van der Waals surface area contributed by atoms with E-state index >= 15 is 0 Å². The maximum Gasteiger partial charge on any atom is 0.339 e. The number of aryl methyl sites for hydroxylation is 1. The molecule has 0 atom stereocenters. The first kappa shape index (κ1) is 16.1. The maximum absolute atomic E-state index is 12.7. The summed E-state index contributed by atoms with van der Waals surface area (Å²) in [5.74, 6) is -0.841. The van der Waals surface area contributed by atoms with Gasteiger partial charge in [0.2, 0.25) is 0 Å². The van der Waals surface area contributed by atoms with Crippen LogP contribution in [0.4, 0.5) is 5.69 Å². The molecule has 6 heteroatoms. The number of methoxy groups -OCH3 is 1. The predicted molar refractivity (Wildman–Crippen MR) is 93.7 cm³/mol. The van der Waals surface area contributed by atoms with Gasteiger partial charge in [-0.2, -0.15) is 0 Å². The van der Waals surface area contributed by atoms with Crippen LogP contribution >= 0.6 is 11.6 Å². The Kier molecular flexibility index (Phi) is 4.27. The number of nitrogens with one attached hydrogen (secondary N) is 1. The molecule has 0 aliphatic rings. The molecule has 122 valence electrons. The van der Waals surface area contributed by atoms with E-state index in [2.05, 4.69) is 5.32 Å². The molecule has 0 saturated carbocycles. The van der Waals surface area contributed by atoms with Gasteiger partial charge in [0, 0.05) is 23.0 Å². The van der Waals surface area contributed by atoms with Crippen LogP contribution in [0.1, 0.15) is 20.8 Å². The lowest BCUT2D eigenvalue weighted by atomic mass is 10.1. The maximum atomic E-state index is 12.7. The summed E-state index contributed by atoms with van der Waals surface area (Å²) in [7, 11) is 3.09. The largest absolute Gasteiger partial charge is 0.465 e. The fourth-order valence-corrected chi connectivity index (χ4v) is 2.83. The molecule has 0 spiro atoms. The van der Waals surface area contributed by atoms with Crippen molar-refractivity contribution in [2.45, 2.75) is 0 Å². The number of benzene rings is 2. The van der Waals surface area contributed by atoms with E-state index in [9.17, 15) is 9.59 Å². The molecule has 0 aliphatic carbocycles. The van der Waals surface area contributed by atoms with Crippen molar-refractivity contribution in [2.24, 2.45) is 7.05 Å². The number of amides is 1.